The molecule has 0 bridgehead atoms. The number of benzene rings is 2. The van der Waals surface area contributed by atoms with Gasteiger partial charge in [0, 0.05) is 11.7 Å². The van der Waals surface area contributed by atoms with Crippen LogP contribution < -0.4 is 10.2 Å². The Morgan fingerprint density at radius 1 is 1.00 bits per heavy atom. The number of nitrogens with zero attached hydrogens (tertiary/aromatic N) is 1. The monoisotopic (exact) mass is 326 g/mol. The maximum atomic E-state index is 13.2. The Morgan fingerprint density at radius 3 is 2.12 bits per heavy atom. The van der Waals surface area contributed by atoms with Gasteiger partial charge in [-0.1, -0.05) is 48.5 Å². The Kier molecular flexibility index (Phi) is 5.58. The summed E-state index contributed by atoms with van der Waals surface area (Å²) >= 11 is 0. The van der Waals surface area contributed by atoms with E-state index in [-0.39, 0.29) is 11.9 Å². The minimum Gasteiger partial charge on any atom is -0.465 e. The van der Waals surface area contributed by atoms with Crippen molar-refractivity contribution >= 4 is 17.7 Å². The van der Waals surface area contributed by atoms with E-state index in [0.717, 1.165) is 11.3 Å². The highest BCUT2D eigenvalue weighted by atomic mass is 16.4. The molecule has 0 heterocycles. The summed E-state index contributed by atoms with van der Waals surface area (Å²) in [7, 11) is 0. The van der Waals surface area contributed by atoms with E-state index in [2.05, 4.69) is 5.32 Å². The average molecular weight is 326 g/mol. The summed E-state index contributed by atoms with van der Waals surface area (Å²) < 4.78 is 0. The fourth-order valence-electron chi connectivity index (χ4n) is 2.68. The van der Waals surface area contributed by atoms with E-state index in [4.69, 9.17) is 5.11 Å². The molecule has 0 aliphatic heterocycles. The number of amides is 2. The first-order chi connectivity index (χ1) is 11.4. The van der Waals surface area contributed by atoms with Crippen LogP contribution in [0.2, 0.25) is 0 Å². The summed E-state index contributed by atoms with van der Waals surface area (Å²) in [6.07, 6.45) is -1.23. The van der Waals surface area contributed by atoms with Crippen molar-refractivity contribution in [2.24, 2.45) is 0 Å². The highest BCUT2D eigenvalue weighted by molar-refractivity contribution is 6.00. The zero-order valence-electron chi connectivity index (χ0n) is 14.1. The van der Waals surface area contributed by atoms with Gasteiger partial charge >= 0.3 is 6.09 Å². The molecule has 24 heavy (non-hydrogen) atoms. The second-order valence-corrected chi connectivity index (χ2v) is 5.88. The molecule has 2 aromatic rings. The third kappa shape index (κ3) is 3.93. The molecule has 0 aromatic heterocycles. The lowest BCUT2D eigenvalue weighted by molar-refractivity contribution is -0.121. The number of hydrogen-bond donors (Lipinski definition) is 2. The summed E-state index contributed by atoms with van der Waals surface area (Å²) in [6, 6.07) is 15.4. The maximum Gasteiger partial charge on any atom is 0.405 e. The molecular weight excluding hydrogens is 304 g/mol. The molecule has 0 aliphatic carbocycles. The molecule has 1 atom stereocenters. The number of rotatable bonds is 5. The van der Waals surface area contributed by atoms with E-state index < -0.39 is 12.1 Å². The lowest BCUT2D eigenvalue weighted by atomic mass is 10.0. The second kappa shape index (κ2) is 7.64. The van der Waals surface area contributed by atoms with Crippen molar-refractivity contribution in [1.82, 2.24) is 5.32 Å². The lowest BCUT2D eigenvalue weighted by Gasteiger charge is -2.32. The number of carbonyl (C=O) groups is 2. The van der Waals surface area contributed by atoms with Crippen LogP contribution in [0.15, 0.2) is 54.6 Å². The molecule has 5 heteroatoms. The lowest BCUT2D eigenvalue weighted by Crippen LogP contribution is -2.46. The number of carbonyl (C=O) groups excluding carboxylic acids is 1. The standard InChI is InChI=1S/C19H22N2O3/c1-13(2)21(16-12-8-7-9-14(16)3)18(22)17(20-19(23)24)15-10-5-4-6-11-15/h4-13,17,20H,1-3H3,(H,23,24). The zero-order valence-corrected chi connectivity index (χ0v) is 14.1. The molecule has 0 spiro atoms. The summed E-state index contributed by atoms with van der Waals surface area (Å²) in [4.78, 5) is 26.0. The Hall–Kier alpha value is -2.82. The van der Waals surface area contributed by atoms with Crippen LogP contribution in [-0.4, -0.2) is 23.1 Å². The molecule has 0 saturated carbocycles. The molecule has 2 amide bonds. The SMILES string of the molecule is Cc1ccccc1N(C(=O)C(NC(=O)O)c1ccccc1)C(C)C. The van der Waals surface area contributed by atoms with Crippen molar-refractivity contribution in [2.45, 2.75) is 32.9 Å². The molecule has 0 saturated heterocycles. The van der Waals surface area contributed by atoms with Gasteiger partial charge in [-0.25, -0.2) is 4.79 Å². The molecule has 1 unspecified atom stereocenters. The predicted octanol–water partition coefficient (Wildman–Crippen LogP) is 3.75. The van der Waals surface area contributed by atoms with Crippen LogP contribution in [-0.2, 0) is 4.79 Å². The fourth-order valence-corrected chi connectivity index (χ4v) is 2.68. The summed E-state index contributed by atoms with van der Waals surface area (Å²) in [5.41, 5.74) is 2.36. The topological polar surface area (TPSA) is 69.6 Å². The highest BCUT2D eigenvalue weighted by Gasteiger charge is 2.30. The molecule has 126 valence electrons. The van der Waals surface area contributed by atoms with Gasteiger partial charge < -0.3 is 15.3 Å². The third-order valence-electron chi connectivity index (χ3n) is 3.78. The molecule has 2 rings (SSSR count). The molecule has 2 aromatic carbocycles. The molecule has 0 fully saturated rings. The quantitative estimate of drug-likeness (QED) is 0.879. The van der Waals surface area contributed by atoms with Gasteiger partial charge in [-0.05, 0) is 38.0 Å². The highest BCUT2D eigenvalue weighted by Crippen LogP contribution is 2.26. The van der Waals surface area contributed by atoms with Crippen molar-refractivity contribution < 1.29 is 14.7 Å². The van der Waals surface area contributed by atoms with Gasteiger partial charge in [0.05, 0.1) is 0 Å². The van der Waals surface area contributed by atoms with Crippen LogP contribution in [0.3, 0.4) is 0 Å². The third-order valence-corrected chi connectivity index (χ3v) is 3.78. The molecular formula is C19H22N2O3. The van der Waals surface area contributed by atoms with Crippen molar-refractivity contribution in [3.63, 3.8) is 0 Å². The first-order valence-electron chi connectivity index (χ1n) is 7.85. The Balaban J connectivity index is 2.45. The van der Waals surface area contributed by atoms with Crippen LogP contribution >= 0.6 is 0 Å². The predicted molar refractivity (Wildman–Crippen MR) is 94.1 cm³/mol. The number of aryl methyl sites for hydroxylation is 1. The minimum absolute atomic E-state index is 0.111. The van der Waals surface area contributed by atoms with E-state index >= 15 is 0 Å². The first-order valence-corrected chi connectivity index (χ1v) is 7.85. The number of carboxylic acid groups (broad SMARTS) is 1. The molecule has 0 radical (unpaired) electrons. The Labute approximate surface area is 141 Å². The van der Waals surface area contributed by atoms with Crippen molar-refractivity contribution in [1.29, 1.82) is 0 Å². The smallest absolute Gasteiger partial charge is 0.405 e. The summed E-state index contributed by atoms with van der Waals surface area (Å²) in [5, 5.41) is 11.5. The second-order valence-electron chi connectivity index (χ2n) is 5.88. The van der Waals surface area contributed by atoms with E-state index in [0.29, 0.717) is 5.56 Å². The van der Waals surface area contributed by atoms with Crippen molar-refractivity contribution in [3.05, 3.63) is 65.7 Å². The van der Waals surface area contributed by atoms with Crippen molar-refractivity contribution in [3.8, 4) is 0 Å². The molecule has 0 aliphatic rings. The van der Waals surface area contributed by atoms with Gasteiger partial charge in [0.1, 0.15) is 6.04 Å². The fraction of sp³-hybridized carbons (Fsp3) is 0.263. The Morgan fingerprint density at radius 2 is 1.58 bits per heavy atom. The van der Waals surface area contributed by atoms with Crippen molar-refractivity contribution in [2.75, 3.05) is 4.90 Å². The van der Waals surface area contributed by atoms with Gasteiger partial charge in [-0.3, -0.25) is 4.79 Å². The van der Waals surface area contributed by atoms with Gasteiger partial charge in [0.25, 0.3) is 5.91 Å². The molecule has 2 N–H and O–H groups in total. The Bertz CT molecular complexity index is 714. The van der Waals surface area contributed by atoms with E-state index in [9.17, 15) is 9.59 Å². The van der Waals surface area contributed by atoms with Crippen LogP contribution in [0.25, 0.3) is 0 Å². The van der Waals surface area contributed by atoms with Gasteiger partial charge in [0.15, 0.2) is 0 Å². The van der Waals surface area contributed by atoms with Crippen LogP contribution in [0.4, 0.5) is 10.5 Å². The van der Waals surface area contributed by atoms with Gasteiger partial charge in [-0.15, -0.1) is 0 Å². The van der Waals surface area contributed by atoms with E-state index in [1.807, 2.05) is 51.1 Å². The minimum atomic E-state index is -1.23. The maximum absolute atomic E-state index is 13.2. The summed E-state index contributed by atoms with van der Waals surface area (Å²) in [6.45, 7) is 5.75. The van der Waals surface area contributed by atoms with E-state index in [1.165, 1.54) is 0 Å². The van der Waals surface area contributed by atoms with Gasteiger partial charge in [0.2, 0.25) is 0 Å². The van der Waals surface area contributed by atoms with Gasteiger partial charge in [-0.2, -0.15) is 0 Å². The van der Waals surface area contributed by atoms with Crippen LogP contribution in [0.5, 0.6) is 0 Å². The first kappa shape index (κ1) is 17.5. The zero-order chi connectivity index (χ0) is 17.7. The summed E-state index contributed by atoms with van der Waals surface area (Å²) in [5.74, 6) is -0.298. The van der Waals surface area contributed by atoms with E-state index in [1.54, 1.807) is 29.2 Å². The van der Waals surface area contributed by atoms with Crippen LogP contribution in [0.1, 0.15) is 31.0 Å². The number of anilines is 1. The largest absolute Gasteiger partial charge is 0.465 e. The number of hydrogen-bond acceptors (Lipinski definition) is 2. The molecule has 5 nitrogen and oxygen atoms in total. The number of nitrogens with one attached hydrogen (secondary N) is 1. The average Bonchev–Trinajstić information content (AvgIpc) is 2.55. The van der Waals surface area contributed by atoms with Crippen LogP contribution in [0, 0.1) is 6.92 Å². The normalized spacial score (nSPS) is 11.8. The number of para-hydroxylation sites is 1.